The number of halogens is 1. The zero-order valence-electron chi connectivity index (χ0n) is 15.6. The summed E-state index contributed by atoms with van der Waals surface area (Å²) < 4.78 is 0. The molecule has 0 aliphatic rings. The van der Waals surface area contributed by atoms with E-state index in [0.717, 1.165) is 37.2 Å². The first-order valence-electron chi connectivity index (χ1n) is 9.54. The molecule has 4 rings (SSSR count). The first-order chi connectivity index (χ1) is 13.3. The SMILES string of the molecule is CCN(CCCl)CCNc1c2ccccc2nc2c1ccc1ccccc12. The van der Waals surface area contributed by atoms with Gasteiger partial charge in [-0.2, -0.15) is 0 Å². The molecule has 0 radical (unpaired) electrons. The van der Waals surface area contributed by atoms with Gasteiger partial charge >= 0.3 is 0 Å². The second-order valence-electron chi connectivity index (χ2n) is 6.74. The molecule has 4 heteroatoms. The monoisotopic (exact) mass is 377 g/mol. The smallest absolute Gasteiger partial charge is 0.0808 e. The third-order valence-corrected chi connectivity index (χ3v) is 5.32. The lowest BCUT2D eigenvalue weighted by atomic mass is 10.0. The van der Waals surface area contributed by atoms with Gasteiger partial charge in [-0.3, -0.25) is 0 Å². The number of nitrogens with one attached hydrogen (secondary N) is 1. The highest BCUT2D eigenvalue weighted by Gasteiger charge is 2.11. The first kappa shape index (κ1) is 18.0. The number of pyridine rings is 1. The van der Waals surface area contributed by atoms with Crippen molar-refractivity contribution in [2.75, 3.05) is 37.4 Å². The van der Waals surface area contributed by atoms with Crippen molar-refractivity contribution < 1.29 is 0 Å². The quantitative estimate of drug-likeness (QED) is 0.261. The fourth-order valence-corrected chi connectivity index (χ4v) is 3.94. The second kappa shape index (κ2) is 8.12. The topological polar surface area (TPSA) is 28.2 Å². The van der Waals surface area contributed by atoms with Crippen molar-refractivity contribution in [3.05, 3.63) is 60.7 Å². The predicted molar refractivity (Wildman–Crippen MR) is 118 cm³/mol. The van der Waals surface area contributed by atoms with Gasteiger partial charge in [-0.05, 0) is 18.0 Å². The summed E-state index contributed by atoms with van der Waals surface area (Å²) in [6.07, 6.45) is 0. The molecule has 0 unspecified atom stereocenters. The number of nitrogens with zero attached hydrogens (tertiary/aromatic N) is 2. The zero-order chi connectivity index (χ0) is 18.6. The number of benzene rings is 3. The molecule has 3 aromatic carbocycles. The van der Waals surface area contributed by atoms with E-state index in [0.29, 0.717) is 5.88 Å². The third kappa shape index (κ3) is 3.58. The minimum Gasteiger partial charge on any atom is -0.383 e. The molecule has 138 valence electrons. The maximum Gasteiger partial charge on any atom is 0.0808 e. The third-order valence-electron chi connectivity index (χ3n) is 5.15. The van der Waals surface area contributed by atoms with E-state index in [1.165, 1.54) is 27.2 Å². The Kier molecular flexibility index (Phi) is 5.42. The number of hydrogen-bond donors (Lipinski definition) is 1. The summed E-state index contributed by atoms with van der Waals surface area (Å²) in [5, 5.41) is 8.45. The van der Waals surface area contributed by atoms with Crippen molar-refractivity contribution >= 4 is 49.9 Å². The fourth-order valence-electron chi connectivity index (χ4n) is 3.70. The Morgan fingerprint density at radius 1 is 0.889 bits per heavy atom. The number of fused-ring (bicyclic) bond motifs is 4. The lowest BCUT2D eigenvalue weighted by molar-refractivity contribution is 0.318. The van der Waals surface area contributed by atoms with E-state index in [1.807, 2.05) is 0 Å². The Hall–Kier alpha value is -2.36. The van der Waals surface area contributed by atoms with E-state index >= 15 is 0 Å². The molecule has 0 saturated carbocycles. The van der Waals surface area contributed by atoms with Gasteiger partial charge in [0.05, 0.1) is 16.7 Å². The van der Waals surface area contributed by atoms with Crippen molar-refractivity contribution in [1.82, 2.24) is 9.88 Å². The lowest BCUT2D eigenvalue weighted by Gasteiger charge is -2.20. The van der Waals surface area contributed by atoms with Crippen LogP contribution in [0.4, 0.5) is 5.69 Å². The normalized spacial score (nSPS) is 11.7. The Labute approximate surface area is 164 Å². The minimum atomic E-state index is 0.668. The standard InChI is InChI=1S/C23H24ClN3/c1-2-27(15-13-24)16-14-25-22-19-9-5-6-10-21(19)26-23-18-8-4-3-7-17(18)11-12-20(22)23/h3-12H,2,13-16H2,1H3,(H,25,26). The molecule has 3 nitrogen and oxygen atoms in total. The summed E-state index contributed by atoms with van der Waals surface area (Å²) in [6.45, 7) is 5.95. The second-order valence-corrected chi connectivity index (χ2v) is 7.11. The molecule has 1 heterocycles. The van der Waals surface area contributed by atoms with Crippen LogP contribution < -0.4 is 5.32 Å². The van der Waals surface area contributed by atoms with E-state index in [1.54, 1.807) is 0 Å². The van der Waals surface area contributed by atoms with Crippen molar-refractivity contribution in [3.63, 3.8) is 0 Å². The number of para-hydroxylation sites is 1. The van der Waals surface area contributed by atoms with Crippen LogP contribution in [0.3, 0.4) is 0 Å². The Balaban J connectivity index is 1.80. The molecule has 0 atom stereocenters. The molecule has 0 spiro atoms. The largest absolute Gasteiger partial charge is 0.383 e. The molecule has 0 aliphatic heterocycles. The van der Waals surface area contributed by atoms with Gasteiger partial charge in [0.2, 0.25) is 0 Å². The summed E-state index contributed by atoms with van der Waals surface area (Å²) in [6, 6.07) is 21.2. The fraction of sp³-hybridized carbons (Fsp3) is 0.261. The van der Waals surface area contributed by atoms with Gasteiger partial charge < -0.3 is 10.2 Å². The van der Waals surface area contributed by atoms with Crippen molar-refractivity contribution in [3.8, 4) is 0 Å². The summed E-state index contributed by atoms with van der Waals surface area (Å²) in [5.74, 6) is 0.668. The van der Waals surface area contributed by atoms with Gasteiger partial charge in [-0.25, -0.2) is 4.98 Å². The minimum absolute atomic E-state index is 0.668. The van der Waals surface area contributed by atoms with Crippen molar-refractivity contribution in [2.24, 2.45) is 0 Å². The molecular weight excluding hydrogens is 354 g/mol. The lowest BCUT2D eigenvalue weighted by Crippen LogP contribution is -2.30. The summed E-state index contributed by atoms with van der Waals surface area (Å²) in [5.41, 5.74) is 3.25. The number of likely N-dealkylation sites (N-methyl/N-ethyl adjacent to an activating group) is 1. The Bertz CT molecular complexity index is 1080. The molecule has 4 aromatic rings. The highest BCUT2D eigenvalue weighted by atomic mass is 35.5. The van der Waals surface area contributed by atoms with Crippen LogP contribution in [0.1, 0.15) is 6.92 Å². The molecule has 27 heavy (non-hydrogen) atoms. The maximum atomic E-state index is 5.91. The van der Waals surface area contributed by atoms with Gasteiger partial charge in [0.15, 0.2) is 0 Å². The molecule has 1 N–H and O–H groups in total. The van der Waals surface area contributed by atoms with E-state index in [4.69, 9.17) is 16.6 Å². The first-order valence-corrected chi connectivity index (χ1v) is 10.1. The van der Waals surface area contributed by atoms with E-state index < -0.39 is 0 Å². The Morgan fingerprint density at radius 3 is 2.48 bits per heavy atom. The summed E-state index contributed by atoms with van der Waals surface area (Å²) >= 11 is 5.91. The van der Waals surface area contributed by atoms with E-state index in [-0.39, 0.29) is 0 Å². The molecule has 0 bridgehead atoms. The maximum absolute atomic E-state index is 5.91. The van der Waals surface area contributed by atoms with Gasteiger partial charge in [0, 0.05) is 41.7 Å². The number of alkyl halides is 1. The van der Waals surface area contributed by atoms with Crippen LogP contribution in [0.15, 0.2) is 60.7 Å². The summed E-state index contributed by atoms with van der Waals surface area (Å²) in [7, 11) is 0. The average Bonchev–Trinajstić information content (AvgIpc) is 2.72. The van der Waals surface area contributed by atoms with Gasteiger partial charge in [0.25, 0.3) is 0 Å². The molecule has 0 fully saturated rings. The van der Waals surface area contributed by atoms with Gasteiger partial charge in [-0.15, -0.1) is 11.6 Å². The van der Waals surface area contributed by atoms with E-state index in [2.05, 4.69) is 77.8 Å². The predicted octanol–water partition coefficient (Wildman–Crippen LogP) is 5.51. The summed E-state index contributed by atoms with van der Waals surface area (Å²) in [4.78, 5) is 7.35. The highest BCUT2D eigenvalue weighted by molar-refractivity contribution is 6.18. The molecular formula is C23H24ClN3. The van der Waals surface area contributed by atoms with E-state index in [9.17, 15) is 0 Å². The molecule has 0 amide bonds. The van der Waals surface area contributed by atoms with Crippen LogP contribution in [0.25, 0.3) is 32.6 Å². The molecule has 0 saturated heterocycles. The Morgan fingerprint density at radius 2 is 1.67 bits per heavy atom. The van der Waals surface area contributed by atoms with Crippen LogP contribution in [0.5, 0.6) is 0 Å². The number of anilines is 1. The van der Waals surface area contributed by atoms with Gasteiger partial charge in [0.1, 0.15) is 0 Å². The number of hydrogen-bond acceptors (Lipinski definition) is 3. The van der Waals surface area contributed by atoms with Crippen LogP contribution >= 0.6 is 11.6 Å². The van der Waals surface area contributed by atoms with Crippen molar-refractivity contribution in [2.45, 2.75) is 6.92 Å². The molecule has 1 aromatic heterocycles. The van der Waals surface area contributed by atoms with Gasteiger partial charge in [-0.1, -0.05) is 61.5 Å². The number of rotatable bonds is 7. The van der Waals surface area contributed by atoms with Crippen LogP contribution in [0.2, 0.25) is 0 Å². The zero-order valence-corrected chi connectivity index (χ0v) is 16.3. The molecule has 0 aliphatic carbocycles. The average molecular weight is 378 g/mol. The van der Waals surface area contributed by atoms with Crippen LogP contribution in [-0.2, 0) is 0 Å². The highest BCUT2D eigenvalue weighted by Crippen LogP contribution is 2.34. The van der Waals surface area contributed by atoms with Crippen LogP contribution in [-0.4, -0.2) is 41.9 Å². The number of aromatic nitrogens is 1. The van der Waals surface area contributed by atoms with Crippen LogP contribution in [0, 0.1) is 0 Å². The van der Waals surface area contributed by atoms with Crippen molar-refractivity contribution in [1.29, 1.82) is 0 Å².